The number of aliphatic carboxylic acids is 1. The minimum atomic E-state index is -0.871. The van der Waals surface area contributed by atoms with Gasteiger partial charge in [0, 0.05) is 17.8 Å². The highest BCUT2D eigenvalue weighted by Gasteiger charge is 2.41. The Kier molecular flexibility index (Phi) is 3.87. The van der Waals surface area contributed by atoms with E-state index >= 15 is 0 Å². The second-order valence-electron chi connectivity index (χ2n) is 5.37. The van der Waals surface area contributed by atoms with Gasteiger partial charge in [0.2, 0.25) is 5.91 Å². The molecule has 1 aliphatic rings. The van der Waals surface area contributed by atoms with Crippen LogP contribution in [0.5, 0.6) is 0 Å². The molecule has 0 spiro atoms. The molecule has 6 heteroatoms. The van der Waals surface area contributed by atoms with E-state index in [4.69, 9.17) is 5.11 Å². The zero-order chi connectivity index (χ0) is 14.0. The van der Waals surface area contributed by atoms with E-state index in [1.165, 1.54) is 0 Å². The Morgan fingerprint density at radius 3 is 2.74 bits per heavy atom. The van der Waals surface area contributed by atoms with E-state index in [1.54, 1.807) is 6.20 Å². The average Bonchev–Trinajstić information content (AvgIpc) is 2.92. The Hall–Kier alpha value is -1.85. The number of aryl methyl sites for hydroxylation is 1. The molecule has 2 rings (SSSR count). The van der Waals surface area contributed by atoms with Crippen LogP contribution in [0.2, 0.25) is 0 Å². The van der Waals surface area contributed by atoms with E-state index in [0.717, 1.165) is 11.3 Å². The van der Waals surface area contributed by atoms with Crippen molar-refractivity contribution in [2.24, 2.45) is 17.8 Å². The standard InChI is InChI=1S/C13H19N3O3/c1-7-3-10(11(4-7)13(18)19)12(17)14-5-9-6-15-16-8(9)2/h6-7,10-11H,3-5H2,1-2H3,(H,14,17)(H,15,16)(H,18,19)/t7?,10-,11+/m0/s1. The minimum Gasteiger partial charge on any atom is -0.481 e. The van der Waals surface area contributed by atoms with Gasteiger partial charge in [0.25, 0.3) is 0 Å². The third kappa shape index (κ3) is 2.94. The van der Waals surface area contributed by atoms with Crippen molar-refractivity contribution in [1.82, 2.24) is 15.5 Å². The second-order valence-corrected chi connectivity index (χ2v) is 5.37. The summed E-state index contributed by atoms with van der Waals surface area (Å²) in [5.74, 6) is -1.73. The van der Waals surface area contributed by atoms with Crippen molar-refractivity contribution in [1.29, 1.82) is 0 Å². The SMILES string of the molecule is Cc1[nH]ncc1CNC(=O)[C@H]1CC(C)C[C@H]1C(=O)O. The fourth-order valence-corrected chi connectivity index (χ4v) is 2.72. The highest BCUT2D eigenvalue weighted by molar-refractivity contribution is 5.85. The lowest BCUT2D eigenvalue weighted by Crippen LogP contribution is -2.35. The number of carbonyl (C=O) groups excluding carboxylic acids is 1. The maximum absolute atomic E-state index is 12.1. The molecule has 1 saturated carbocycles. The molecule has 1 fully saturated rings. The largest absolute Gasteiger partial charge is 0.481 e. The molecule has 0 bridgehead atoms. The molecule has 0 radical (unpaired) electrons. The summed E-state index contributed by atoms with van der Waals surface area (Å²) in [5.41, 5.74) is 1.83. The first-order valence-electron chi connectivity index (χ1n) is 6.48. The van der Waals surface area contributed by atoms with Crippen LogP contribution in [0.1, 0.15) is 31.0 Å². The van der Waals surface area contributed by atoms with E-state index in [-0.39, 0.29) is 11.8 Å². The van der Waals surface area contributed by atoms with Crippen molar-refractivity contribution in [2.75, 3.05) is 0 Å². The molecule has 0 aromatic carbocycles. The van der Waals surface area contributed by atoms with E-state index in [2.05, 4.69) is 15.5 Å². The monoisotopic (exact) mass is 265 g/mol. The Morgan fingerprint density at radius 1 is 1.47 bits per heavy atom. The number of carbonyl (C=O) groups is 2. The van der Waals surface area contributed by atoms with Gasteiger partial charge >= 0.3 is 5.97 Å². The Labute approximate surface area is 111 Å². The van der Waals surface area contributed by atoms with Gasteiger partial charge in [0.05, 0.1) is 18.0 Å². The number of hydrogen-bond acceptors (Lipinski definition) is 3. The van der Waals surface area contributed by atoms with Crippen molar-refractivity contribution < 1.29 is 14.7 Å². The maximum atomic E-state index is 12.1. The molecule has 3 atom stereocenters. The molecule has 0 aliphatic heterocycles. The summed E-state index contributed by atoms with van der Waals surface area (Å²) in [6, 6.07) is 0. The number of aromatic nitrogens is 2. The number of carboxylic acid groups (broad SMARTS) is 1. The number of aromatic amines is 1. The quantitative estimate of drug-likeness (QED) is 0.759. The first kappa shape index (κ1) is 13.6. The molecule has 3 N–H and O–H groups in total. The molecule has 1 heterocycles. The normalized spacial score (nSPS) is 26.3. The predicted molar refractivity (Wildman–Crippen MR) is 68.2 cm³/mol. The summed E-state index contributed by atoms with van der Waals surface area (Å²) in [5, 5.41) is 18.6. The summed E-state index contributed by atoms with van der Waals surface area (Å²) >= 11 is 0. The number of carboxylic acids is 1. The van der Waals surface area contributed by atoms with E-state index in [0.29, 0.717) is 19.4 Å². The number of nitrogens with one attached hydrogen (secondary N) is 2. The van der Waals surface area contributed by atoms with Crippen LogP contribution in [0.25, 0.3) is 0 Å². The van der Waals surface area contributed by atoms with Crippen molar-refractivity contribution >= 4 is 11.9 Å². The average molecular weight is 265 g/mol. The van der Waals surface area contributed by atoms with Crippen LogP contribution in [-0.4, -0.2) is 27.2 Å². The molecule has 0 saturated heterocycles. The van der Waals surface area contributed by atoms with Gasteiger partial charge in [-0.15, -0.1) is 0 Å². The Balaban J connectivity index is 1.96. The van der Waals surface area contributed by atoms with Crippen LogP contribution in [0, 0.1) is 24.7 Å². The zero-order valence-corrected chi connectivity index (χ0v) is 11.1. The number of hydrogen-bond donors (Lipinski definition) is 3. The van der Waals surface area contributed by atoms with Gasteiger partial charge in [0.15, 0.2) is 0 Å². The van der Waals surface area contributed by atoms with Crippen LogP contribution in [-0.2, 0) is 16.1 Å². The molecule has 104 valence electrons. The van der Waals surface area contributed by atoms with Crippen molar-refractivity contribution in [3.63, 3.8) is 0 Å². The molecule has 19 heavy (non-hydrogen) atoms. The zero-order valence-electron chi connectivity index (χ0n) is 11.1. The first-order valence-corrected chi connectivity index (χ1v) is 6.48. The number of nitrogens with zero attached hydrogens (tertiary/aromatic N) is 1. The predicted octanol–water partition coefficient (Wildman–Crippen LogP) is 1.08. The fourth-order valence-electron chi connectivity index (χ4n) is 2.72. The Morgan fingerprint density at radius 2 is 2.16 bits per heavy atom. The summed E-state index contributed by atoms with van der Waals surface area (Å²) in [6.07, 6.45) is 2.90. The lowest BCUT2D eigenvalue weighted by molar-refractivity contribution is -0.146. The highest BCUT2D eigenvalue weighted by Crippen LogP contribution is 2.36. The van der Waals surface area contributed by atoms with Crippen LogP contribution < -0.4 is 5.32 Å². The summed E-state index contributed by atoms with van der Waals surface area (Å²) < 4.78 is 0. The highest BCUT2D eigenvalue weighted by atomic mass is 16.4. The maximum Gasteiger partial charge on any atom is 0.307 e. The van der Waals surface area contributed by atoms with Gasteiger partial charge in [-0.2, -0.15) is 5.10 Å². The van der Waals surface area contributed by atoms with Gasteiger partial charge in [-0.1, -0.05) is 6.92 Å². The van der Waals surface area contributed by atoms with Gasteiger partial charge in [-0.25, -0.2) is 0 Å². The van der Waals surface area contributed by atoms with Gasteiger partial charge < -0.3 is 10.4 Å². The first-order chi connectivity index (χ1) is 8.99. The molecule has 1 aromatic heterocycles. The van der Waals surface area contributed by atoms with E-state index < -0.39 is 17.8 Å². The minimum absolute atomic E-state index is 0.169. The van der Waals surface area contributed by atoms with Crippen LogP contribution in [0.3, 0.4) is 0 Å². The number of amides is 1. The molecule has 1 aliphatic carbocycles. The third-order valence-electron chi connectivity index (χ3n) is 3.84. The van der Waals surface area contributed by atoms with Crippen LogP contribution in [0.15, 0.2) is 6.20 Å². The number of H-pyrrole nitrogens is 1. The number of rotatable bonds is 4. The van der Waals surface area contributed by atoms with Crippen molar-refractivity contribution in [2.45, 2.75) is 33.2 Å². The van der Waals surface area contributed by atoms with Gasteiger partial charge in [-0.05, 0) is 25.7 Å². The molecule has 1 aromatic rings. The summed E-state index contributed by atoms with van der Waals surface area (Å²) in [4.78, 5) is 23.3. The molecule has 1 unspecified atom stereocenters. The Bertz CT molecular complexity index is 483. The van der Waals surface area contributed by atoms with E-state index in [1.807, 2.05) is 13.8 Å². The topological polar surface area (TPSA) is 95.1 Å². The smallest absolute Gasteiger partial charge is 0.307 e. The van der Waals surface area contributed by atoms with Crippen LogP contribution in [0.4, 0.5) is 0 Å². The summed E-state index contributed by atoms with van der Waals surface area (Å²) in [7, 11) is 0. The lowest BCUT2D eigenvalue weighted by Gasteiger charge is -2.15. The van der Waals surface area contributed by atoms with Crippen molar-refractivity contribution in [3.05, 3.63) is 17.5 Å². The van der Waals surface area contributed by atoms with E-state index in [9.17, 15) is 9.59 Å². The lowest BCUT2D eigenvalue weighted by atomic mass is 9.95. The van der Waals surface area contributed by atoms with Crippen LogP contribution >= 0.6 is 0 Å². The van der Waals surface area contributed by atoms with Gasteiger partial charge in [-0.3, -0.25) is 14.7 Å². The molecular formula is C13H19N3O3. The fraction of sp³-hybridized carbons (Fsp3) is 0.615. The summed E-state index contributed by atoms with van der Waals surface area (Å²) in [6.45, 7) is 4.26. The van der Waals surface area contributed by atoms with Gasteiger partial charge in [0.1, 0.15) is 0 Å². The molecule has 1 amide bonds. The molecular weight excluding hydrogens is 246 g/mol. The van der Waals surface area contributed by atoms with Crippen molar-refractivity contribution in [3.8, 4) is 0 Å². The molecule has 6 nitrogen and oxygen atoms in total. The second kappa shape index (κ2) is 5.42. The third-order valence-corrected chi connectivity index (χ3v) is 3.84.